The highest BCUT2D eigenvalue weighted by Crippen LogP contribution is 2.27. The minimum atomic E-state index is -3.64. The Labute approximate surface area is 152 Å². The molecule has 0 unspecified atom stereocenters. The molecule has 0 aliphatic carbocycles. The van der Waals surface area contributed by atoms with Crippen molar-refractivity contribution in [3.8, 4) is 5.75 Å². The van der Waals surface area contributed by atoms with Gasteiger partial charge in [0.15, 0.2) is 0 Å². The van der Waals surface area contributed by atoms with E-state index in [1.807, 2.05) is 48.0 Å². The second-order valence-corrected chi connectivity index (χ2v) is 8.19. The second kappa shape index (κ2) is 7.39. The molecule has 4 nitrogen and oxygen atoms in total. The monoisotopic (exact) mass is 373 g/mol. The maximum atomic E-state index is 12.8. The van der Waals surface area contributed by atoms with Gasteiger partial charge in [-0.05, 0) is 59.1 Å². The summed E-state index contributed by atoms with van der Waals surface area (Å²) in [5.74, 6) is 0.731. The molecule has 130 valence electrons. The Bertz CT molecular complexity index is 916. The van der Waals surface area contributed by atoms with Gasteiger partial charge in [-0.1, -0.05) is 29.8 Å². The van der Waals surface area contributed by atoms with E-state index in [2.05, 4.69) is 4.72 Å². The highest BCUT2D eigenvalue weighted by Gasteiger charge is 2.23. The zero-order valence-electron chi connectivity index (χ0n) is 14.0. The Balaban J connectivity index is 1.96. The predicted octanol–water partition coefficient (Wildman–Crippen LogP) is 4.13. The molecule has 1 atom stereocenters. The molecule has 1 N–H and O–H groups in total. The number of thiophene rings is 1. The van der Waals surface area contributed by atoms with Gasteiger partial charge >= 0.3 is 0 Å². The average Bonchev–Trinajstić information content (AvgIpc) is 3.15. The molecular weight excluding hydrogens is 354 g/mol. The van der Waals surface area contributed by atoms with Crippen molar-refractivity contribution in [1.82, 2.24) is 4.72 Å². The van der Waals surface area contributed by atoms with E-state index in [4.69, 9.17) is 4.74 Å². The summed E-state index contributed by atoms with van der Waals surface area (Å²) in [5, 5.41) is 3.89. The maximum Gasteiger partial charge on any atom is 0.241 e. The summed E-state index contributed by atoms with van der Waals surface area (Å²) in [6.07, 6.45) is 0. The lowest BCUT2D eigenvalue weighted by molar-refractivity contribution is 0.414. The van der Waals surface area contributed by atoms with Crippen LogP contribution in [0.25, 0.3) is 0 Å². The first kappa shape index (κ1) is 17.7. The summed E-state index contributed by atoms with van der Waals surface area (Å²) in [6, 6.07) is 15.7. The molecule has 0 amide bonds. The SMILES string of the molecule is COc1ccc([C@@H](NS(=O)(=O)c2ccc(C)cc2)c2ccsc2)cc1. The number of nitrogens with one attached hydrogen (secondary N) is 1. The normalized spacial score (nSPS) is 12.7. The van der Waals surface area contributed by atoms with E-state index in [9.17, 15) is 8.42 Å². The van der Waals surface area contributed by atoms with E-state index in [-0.39, 0.29) is 4.90 Å². The molecule has 0 saturated carbocycles. The van der Waals surface area contributed by atoms with Gasteiger partial charge in [0.25, 0.3) is 0 Å². The van der Waals surface area contributed by atoms with Crippen LogP contribution in [0.1, 0.15) is 22.7 Å². The Morgan fingerprint density at radius 1 is 0.960 bits per heavy atom. The molecular formula is C19H19NO3S2. The van der Waals surface area contributed by atoms with Crippen molar-refractivity contribution in [3.05, 3.63) is 82.0 Å². The third-order valence-electron chi connectivity index (χ3n) is 3.93. The maximum absolute atomic E-state index is 12.8. The standard InChI is InChI=1S/C19H19NO3S2/c1-14-3-9-18(10-4-14)25(21,22)20-19(16-11-12-24-13-16)15-5-7-17(23-2)8-6-15/h3-13,19-20H,1-2H3/t19-/m1/s1. The lowest BCUT2D eigenvalue weighted by atomic mass is 10.0. The van der Waals surface area contributed by atoms with Crippen LogP contribution in [0.2, 0.25) is 0 Å². The van der Waals surface area contributed by atoms with Gasteiger partial charge in [-0.3, -0.25) is 0 Å². The largest absolute Gasteiger partial charge is 0.497 e. The zero-order chi connectivity index (χ0) is 17.9. The molecule has 0 radical (unpaired) electrons. The Hall–Kier alpha value is -2.15. The minimum Gasteiger partial charge on any atom is -0.497 e. The van der Waals surface area contributed by atoms with Crippen LogP contribution in [0.4, 0.5) is 0 Å². The van der Waals surface area contributed by atoms with Crippen molar-refractivity contribution in [2.75, 3.05) is 7.11 Å². The van der Waals surface area contributed by atoms with Crippen LogP contribution in [0.3, 0.4) is 0 Å². The van der Waals surface area contributed by atoms with Crippen LogP contribution >= 0.6 is 11.3 Å². The van der Waals surface area contributed by atoms with Crippen LogP contribution in [0.5, 0.6) is 5.75 Å². The molecule has 0 aliphatic rings. The number of hydrogen-bond donors (Lipinski definition) is 1. The summed E-state index contributed by atoms with van der Waals surface area (Å²) < 4.78 is 33.6. The Kier molecular flexibility index (Phi) is 5.22. The molecule has 3 aromatic rings. The predicted molar refractivity (Wildman–Crippen MR) is 101 cm³/mol. The Morgan fingerprint density at radius 2 is 1.64 bits per heavy atom. The van der Waals surface area contributed by atoms with Crippen LogP contribution in [0.15, 0.2) is 70.3 Å². The van der Waals surface area contributed by atoms with Gasteiger partial charge in [0.2, 0.25) is 10.0 Å². The van der Waals surface area contributed by atoms with Gasteiger partial charge in [0, 0.05) is 0 Å². The van der Waals surface area contributed by atoms with E-state index in [0.29, 0.717) is 0 Å². The van der Waals surface area contributed by atoms with E-state index in [1.54, 1.807) is 31.4 Å². The number of methoxy groups -OCH3 is 1. The molecule has 6 heteroatoms. The number of aryl methyl sites for hydroxylation is 1. The molecule has 0 fully saturated rings. The fourth-order valence-electron chi connectivity index (χ4n) is 2.50. The summed E-state index contributed by atoms with van der Waals surface area (Å²) in [5.41, 5.74) is 2.78. The van der Waals surface area contributed by atoms with E-state index < -0.39 is 16.1 Å². The molecule has 2 aromatic carbocycles. The van der Waals surface area contributed by atoms with Crippen LogP contribution in [-0.4, -0.2) is 15.5 Å². The molecule has 1 aromatic heterocycles. The third kappa shape index (κ3) is 4.10. The van der Waals surface area contributed by atoms with Crippen LogP contribution in [0, 0.1) is 6.92 Å². The summed E-state index contributed by atoms with van der Waals surface area (Å²) in [4.78, 5) is 0.256. The lowest BCUT2D eigenvalue weighted by Crippen LogP contribution is -2.29. The van der Waals surface area contributed by atoms with Crippen molar-refractivity contribution in [3.63, 3.8) is 0 Å². The van der Waals surface area contributed by atoms with Gasteiger partial charge in [-0.15, -0.1) is 0 Å². The Morgan fingerprint density at radius 3 is 2.20 bits per heavy atom. The summed E-state index contributed by atoms with van der Waals surface area (Å²) >= 11 is 1.53. The molecule has 0 aliphatic heterocycles. The van der Waals surface area contributed by atoms with Crippen molar-refractivity contribution < 1.29 is 13.2 Å². The quantitative estimate of drug-likeness (QED) is 0.707. The van der Waals surface area contributed by atoms with Gasteiger partial charge < -0.3 is 4.74 Å². The first-order valence-corrected chi connectivity index (χ1v) is 10.2. The smallest absolute Gasteiger partial charge is 0.241 e. The fourth-order valence-corrected chi connectivity index (χ4v) is 4.40. The van der Waals surface area contributed by atoms with E-state index >= 15 is 0 Å². The van der Waals surface area contributed by atoms with Gasteiger partial charge in [-0.2, -0.15) is 16.1 Å². The van der Waals surface area contributed by atoms with Gasteiger partial charge in [0.05, 0.1) is 18.0 Å². The molecule has 0 saturated heterocycles. The van der Waals surface area contributed by atoms with Crippen LogP contribution in [-0.2, 0) is 10.0 Å². The zero-order valence-corrected chi connectivity index (χ0v) is 15.6. The van der Waals surface area contributed by atoms with E-state index in [0.717, 1.165) is 22.4 Å². The summed E-state index contributed by atoms with van der Waals surface area (Å²) in [7, 11) is -2.04. The topological polar surface area (TPSA) is 55.4 Å². The number of rotatable bonds is 6. The first-order valence-electron chi connectivity index (χ1n) is 7.74. The number of benzene rings is 2. The highest BCUT2D eigenvalue weighted by molar-refractivity contribution is 7.89. The molecule has 0 spiro atoms. The van der Waals surface area contributed by atoms with Gasteiger partial charge in [-0.25, -0.2) is 8.42 Å². The third-order valence-corrected chi connectivity index (χ3v) is 6.07. The van der Waals surface area contributed by atoms with Gasteiger partial charge in [0.1, 0.15) is 5.75 Å². The van der Waals surface area contributed by atoms with E-state index in [1.165, 1.54) is 11.3 Å². The average molecular weight is 373 g/mol. The minimum absolute atomic E-state index is 0.256. The molecule has 25 heavy (non-hydrogen) atoms. The number of ether oxygens (including phenoxy) is 1. The van der Waals surface area contributed by atoms with Crippen LogP contribution < -0.4 is 9.46 Å². The van der Waals surface area contributed by atoms with Crippen molar-refractivity contribution in [2.24, 2.45) is 0 Å². The van der Waals surface area contributed by atoms with Crippen molar-refractivity contribution in [1.29, 1.82) is 0 Å². The lowest BCUT2D eigenvalue weighted by Gasteiger charge is -2.19. The fraction of sp³-hybridized carbons (Fsp3) is 0.158. The first-order chi connectivity index (χ1) is 12.0. The number of hydrogen-bond acceptors (Lipinski definition) is 4. The van der Waals surface area contributed by atoms with Crippen molar-refractivity contribution in [2.45, 2.75) is 17.9 Å². The molecule has 1 heterocycles. The van der Waals surface area contributed by atoms with Crippen molar-refractivity contribution >= 4 is 21.4 Å². The highest BCUT2D eigenvalue weighted by atomic mass is 32.2. The number of sulfonamides is 1. The second-order valence-electron chi connectivity index (χ2n) is 5.70. The molecule has 3 rings (SSSR count). The summed E-state index contributed by atoms with van der Waals surface area (Å²) in [6.45, 7) is 1.93. The molecule has 0 bridgehead atoms.